The van der Waals surface area contributed by atoms with Gasteiger partial charge in [-0.2, -0.15) is 0 Å². The van der Waals surface area contributed by atoms with Crippen LogP contribution < -0.4 is 10.9 Å². The topological polar surface area (TPSA) is 78.1 Å². The molecular formula is C24H28N4O2S2. The molecule has 1 aromatic carbocycles. The van der Waals surface area contributed by atoms with Crippen LogP contribution in [0.15, 0.2) is 40.5 Å². The average Bonchev–Trinajstić information content (AvgIpc) is 3.57. The number of rotatable bonds is 7. The molecule has 6 nitrogen and oxygen atoms in total. The third-order valence-electron chi connectivity index (χ3n) is 6.36. The molecule has 32 heavy (non-hydrogen) atoms. The summed E-state index contributed by atoms with van der Waals surface area (Å²) in [4.78, 5) is 36.3. The number of amides is 1. The number of likely N-dealkylation sites (tertiary alicyclic amines) is 1. The number of carbonyl (C=O) groups is 1. The van der Waals surface area contributed by atoms with E-state index in [1.54, 1.807) is 0 Å². The van der Waals surface area contributed by atoms with E-state index in [1.807, 2.05) is 42.6 Å². The number of nitrogens with zero attached hydrogens (tertiary/aromatic N) is 2. The van der Waals surface area contributed by atoms with Crippen LogP contribution in [0.3, 0.4) is 0 Å². The van der Waals surface area contributed by atoms with Gasteiger partial charge in [-0.3, -0.25) is 9.59 Å². The van der Waals surface area contributed by atoms with Crippen LogP contribution in [-0.4, -0.2) is 51.2 Å². The van der Waals surface area contributed by atoms with Crippen molar-refractivity contribution < 1.29 is 4.79 Å². The molecule has 3 heterocycles. The van der Waals surface area contributed by atoms with Gasteiger partial charge in [-0.25, -0.2) is 4.98 Å². The highest BCUT2D eigenvalue weighted by Crippen LogP contribution is 2.31. The predicted octanol–water partition coefficient (Wildman–Crippen LogP) is 4.02. The third kappa shape index (κ3) is 4.77. The van der Waals surface area contributed by atoms with Crippen LogP contribution >= 0.6 is 23.1 Å². The number of thioether (sulfide) groups is 1. The normalized spacial score (nSPS) is 18.7. The van der Waals surface area contributed by atoms with Crippen LogP contribution in [0.4, 0.5) is 0 Å². The molecule has 1 saturated carbocycles. The number of nitrogens with one attached hydrogen (secondary N) is 2. The van der Waals surface area contributed by atoms with Crippen LogP contribution in [0.2, 0.25) is 0 Å². The Balaban J connectivity index is 1.18. The number of fused-ring (bicyclic) bond motifs is 1. The monoisotopic (exact) mass is 468 g/mol. The number of hydrogen-bond donors (Lipinski definition) is 2. The minimum atomic E-state index is -0.194. The molecule has 2 fully saturated rings. The quantitative estimate of drug-likeness (QED) is 0.548. The van der Waals surface area contributed by atoms with Gasteiger partial charge < -0.3 is 15.2 Å². The second-order valence-corrected chi connectivity index (χ2v) is 10.9. The van der Waals surface area contributed by atoms with Gasteiger partial charge in [0, 0.05) is 36.1 Å². The molecular weight excluding hydrogens is 440 g/mol. The Hall–Kier alpha value is -2.16. The summed E-state index contributed by atoms with van der Waals surface area (Å²) in [6.45, 7) is 4.11. The Bertz CT molecular complexity index is 1150. The second kappa shape index (κ2) is 9.37. The molecule has 0 spiro atoms. The molecule has 1 aliphatic heterocycles. The first-order valence-corrected chi connectivity index (χ1v) is 13.2. The molecule has 0 unspecified atom stereocenters. The first kappa shape index (κ1) is 21.7. The summed E-state index contributed by atoms with van der Waals surface area (Å²) in [5, 5.41) is 5.65. The van der Waals surface area contributed by atoms with Gasteiger partial charge in [0.2, 0.25) is 5.91 Å². The molecule has 1 atom stereocenters. The van der Waals surface area contributed by atoms with E-state index >= 15 is 0 Å². The zero-order chi connectivity index (χ0) is 22.1. The number of aromatic nitrogens is 2. The maximum absolute atomic E-state index is 12.8. The molecule has 5 rings (SSSR count). The Morgan fingerprint density at radius 2 is 2.00 bits per heavy atom. The molecule has 2 aromatic heterocycles. The van der Waals surface area contributed by atoms with Crippen molar-refractivity contribution in [3.8, 4) is 11.1 Å². The number of H-pyrrole nitrogens is 1. The lowest BCUT2D eigenvalue weighted by Crippen LogP contribution is -2.47. The number of benzene rings is 1. The highest BCUT2D eigenvalue weighted by atomic mass is 32.2. The van der Waals surface area contributed by atoms with Gasteiger partial charge in [0.25, 0.3) is 5.56 Å². The van der Waals surface area contributed by atoms with Crippen molar-refractivity contribution in [1.29, 1.82) is 0 Å². The fourth-order valence-electron chi connectivity index (χ4n) is 4.34. The van der Waals surface area contributed by atoms with Crippen molar-refractivity contribution in [2.45, 2.75) is 55.7 Å². The molecule has 3 aromatic rings. The van der Waals surface area contributed by atoms with Gasteiger partial charge in [0.05, 0.1) is 16.4 Å². The Morgan fingerprint density at radius 3 is 2.72 bits per heavy atom. The fraction of sp³-hybridized carbons (Fsp3) is 0.458. The first-order valence-electron chi connectivity index (χ1n) is 11.3. The number of thiophene rings is 1. The largest absolute Gasteiger partial charge is 0.352 e. The molecule has 0 bridgehead atoms. The van der Waals surface area contributed by atoms with Crippen molar-refractivity contribution in [2.75, 3.05) is 13.1 Å². The van der Waals surface area contributed by atoms with Gasteiger partial charge in [-0.15, -0.1) is 23.1 Å². The van der Waals surface area contributed by atoms with Crippen LogP contribution in [0.5, 0.6) is 0 Å². The van der Waals surface area contributed by atoms with Gasteiger partial charge in [-0.05, 0) is 38.2 Å². The maximum Gasteiger partial charge on any atom is 0.260 e. The van der Waals surface area contributed by atoms with Gasteiger partial charge in [0.15, 0.2) is 0 Å². The van der Waals surface area contributed by atoms with Crippen molar-refractivity contribution in [3.63, 3.8) is 0 Å². The van der Waals surface area contributed by atoms with E-state index in [0.29, 0.717) is 17.0 Å². The summed E-state index contributed by atoms with van der Waals surface area (Å²) in [6.07, 6.45) is 4.75. The van der Waals surface area contributed by atoms with E-state index in [1.165, 1.54) is 35.9 Å². The first-order chi connectivity index (χ1) is 15.6. The van der Waals surface area contributed by atoms with Gasteiger partial charge in [-0.1, -0.05) is 30.3 Å². The number of carbonyl (C=O) groups excluding carboxylic acids is 1. The summed E-state index contributed by atoms with van der Waals surface area (Å²) in [5.74, 6) is 1.19. The van der Waals surface area contributed by atoms with Crippen molar-refractivity contribution in [1.82, 2.24) is 20.2 Å². The molecule has 2 aliphatic rings. The second-order valence-electron chi connectivity index (χ2n) is 8.71. The minimum Gasteiger partial charge on any atom is -0.352 e. The van der Waals surface area contributed by atoms with Gasteiger partial charge in [0.1, 0.15) is 10.7 Å². The number of aromatic amines is 1. The Kier molecular flexibility index (Phi) is 6.35. The Labute approximate surface area is 195 Å². The van der Waals surface area contributed by atoms with E-state index < -0.39 is 0 Å². The zero-order valence-electron chi connectivity index (χ0n) is 18.2. The third-order valence-corrected chi connectivity index (χ3v) is 8.38. The lowest BCUT2D eigenvalue weighted by atomic mass is 10.0. The highest BCUT2D eigenvalue weighted by molar-refractivity contribution is 7.99. The minimum absolute atomic E-state index is 0.0748. The van der Waals surface area contributed by atoms with E-state index in [0.717, 1.165) is 47.9 Å². The maximum atomic E-state index is 12.8. The summed E-state index contributed by atoms with van der Waals surface area (Å²) < 4.78 is 0. The molecule has 0 radical (unpaired) electrons. The lowest BCUT2D eigenvalue weighted by Gasteiger charge is -2.32. The lowest BCUT2D eigenvalue weighted by molar-refractivity contribution is -0.121. The van der Waals surface area contributed by atoms with E-state index in [-0.39, 0.29) is 22.8 Å². The summed E-state index contributed by atoms with van der Waals surface area (Å²) in [6, 6.07) is 11.0. The Morgan fingerprint density at radius 1 is 1.25 bits per heavy atom. The molecule has 1 amide bonds. The highest BCUT2D eigenvalue weighted by Gasteiger charge is 2.32. The zero-order valence-corrected chi connectivity index (χ0v) is 19.8. The molecule has 2 N–H and O–H groups in total. The van der Waals surface area contributed by atoms with Crippen LogP contribution in [-0.2, 0) is 10.5 Å². The van der Waals surface area contributed by atoms with Crippen molar-refractivity contribution >= 4 is 39.2 Å². The number of hydrogen-bond acceptors (Lipinski definition) is 6. The SMILES string of the molecule is C[C@@H](SCc1nc2scc(-c3ccccc3)c2c(=O)[nH]1)C(=O)NC1CCN(C2CC2)CC1. The van der Waals surface area contributed by atoms with Crippen molar-refractivity contribution in [2.24, 2.45) is 0 Å². The molecule has 168 valence electrons. The number of piperidine rings is 1. The van der Waals surface area contributed by atoms with Crippen LogP contribution in [0, 0.1) is 0 Å². The van der Waals surface area contributed by atoms with Crippen LogP contribution in [0.25, 0.3) is 21.3 Å². The molecule has 1 aliphatic carbocycles. The fourth-order valence-corrected chi connectivity index (χ4v) is 6.07. The molecule has 8 heteroatoms. The van der Waals surface area contributed by atoms with Crippen LogP contribution in [0.1, 0.15) is 38.4 Å². The summed E-state index contributed by atoms with van der Waals surface area (Å²) in [7, 11) is 0. The van der Waals surface area contributed by atoms with Gasteiger partial charge >= 0.3 is 0 Å². The molecule has 1 saturated heterocycles. The smallest absolute Gasteiger partial charge is 0.260 e. The standard InChI is InChI=1S/C24H28N4O2S2/c1-15(22(29)25-17-9-11-28(12-10-17)18-7-8-18)31-14-20-26-23(30)21-19(13-32-24(21)27-20)16-5-3-2-4-6-16/h2-6,13,15,17-18H,7-12,14H2,1H3,(H,25,29)(H,26,27,30)/t15-/m1/s1. The van der Waals surface area contributed by atoms with E-state index in [9.17, 15) is 9.59 Å². The van der Waals surface area contributed by atoms with E-state index in [4.69, 9.17) is 0 Å². The van der Waals surface area contributed by atoms with E-state index in [2.05, 4.69) is 20.2 Å². The van der Waals surface area contributed by atoms with Crippen molar-refractivity contribution in [3.05, 3.63) is 51.9 Å². The average molecular weight is 469 g/mol. The summed E-state index contributed by atoms with van der Waals surface area (Å²) in [5.41, 5.74) is 1.81. The predicted molar refractivity (Wildman–Crippen MR) is 132 cm³/mol. The summed E-state index contributed by atoms with van der Waals surface area (Å²) >= 11 is 3.00.